The summed E-state index contributed by atoms with van der Waals surface area (Å²) in [5, 5.41) is 4.61. The number of carbonyl (C=O) groups is 1. The van der Waals surface area contributed by atoms with Crippen molar-refractivity contribution in [2.24, 2.45) is 5.10 Å². The Morgan fingerprint density at radius 3 is 2.33 bits per heavy atom. The van der Waals surface area contributed by atoms with Crippen molar-refractivity contribution in [3.63, 3.8) is 0 Å². The summed E-state index contributed by atoms with van der Waals surface area (Å²) in [6.45, 7) is 0. The standard InChI is InChI=1S/C21H16ClFN2OS/c22-18-7-11-20(12-8-18)27-14-16-1-5-17(6-2-16)21(26)25-24-13-15-3-9-19(23)10-4-15/h1-13H,14H2,(H,25,26)/b24-13-. The molecule has 3 nitrogen and oxygen atoms in total. The van der Waals surface area contributed by atoms with Gasteiger partial charge in [-0.1, -0.05) is 35.9 Å². The molecule has 0 saturated carbocycles. The van der Waals surface area contributed by atoms with E-state index in [0.29, 0.717) is 11.1 Å². The molecule has 0 aromatic heterocycles. The van der Waals surface area contributed by atoms with E-state index >= 15 is 0 Å². The van der Waals surface area contributed by atoms with Gasteiger partial charge in [-0.3, -0.25) is 4.79 Å². The first-order valence-corrected chi connectivity index (χ1v) is 9.53. The van der Waals surface area contributed by atoms with E-state index in [1.807, 2.05) is 36.4 Å². The molecule has 3 rings (SSSR count). The summed E-state index contributed by atoms with van der Waals surface area (Å²) in [6.07, 6.45) is 1.47. The van der Waals surface area contributed by atoms with Crippen LogP contribution in [0.4, 0.5) is 4.39 Å². The second-order valence-electron chi connectivity index (χ2n) is 5.69. The molecular weight excluding hydrogens is 383 g/mol. The molecule has 3 aromatic carbocycles. The highest BCUT2D eigenvalue weighted by molar-refractivity contribution is 7.98. The molecule has 0 aliphatic rings. The van der Waals surface area contributed by atoms with Gasteiger partial charge >= 0.3 is 0 Å². The monoisotopic (exact) mass is 398 g/mol. The van der Waals surface area contributed by atoms with Gasteiger partial charge in [0.05, 0.1) is 6.21 Å². The molecule has 1 amide bonds. The number of thioether (sulfide) groups is 1. The molecule has 0 radical (unpaired) electrons. The fraction of sp³-hybridized carbons (Fsp3) is 0.0476. The summed E-state index contributed by atoms with van der Waals surface area (Å²) in [7, 11) is 0. The SMILES string of the molecule is O=C(N/N=C\c1ccc(F)cc1)c1ccc(CSc2ccc(Cl)cc2)cc1. The third kappa shape index (κ3) is 5.94. The van der Waals surface area contributed by atoms with Crippen LogP contribution in [0.3, 0.4) is 0 Å². The molecule has 0 saturated heterocycles. The van der Waals surface area contributed by atoms with Crippen molar-refractivity contribution in [3.8, 4) is 0 Å². The lowest BCUT2D eigenvalue weighted by Gasteiger charge is -2.04. The van der Waals surface area contributed by atoms with Gasteiger partial charge in [0.25, 0.3) is 5.91 Å². The van der Waals surface area contributed by atoms with Crippen LogP contribution in [0.5, 0.6) is 0 Å². The maximum atomic E-state index is 12.8. The number of amides is 1. The van der Waals surface area contributed by atoms with E-state index in [9.17, 15) is 9.18 Å². The Bertz CT molecular complexity index is 926. The van der Waals surface area contributed by atoms with E-state index in [2.05, 4.69) is 10.5 Å². The Morgan fingerprint density at radius 2 is 1.67 bits per heavy atom. The third-order valence-electron chi connectivity index (χ3n) is 3.68. The van der Waals surface area contributed by atoms with Crippen LogP contribution in [0.1, 0.15) is 21.5 Å². The van der Waals surface area contributed by atoms with E-state index < -0.39 is 0 Å². The van der Waals surface area contributed by atoms with Crippen LogP contribution in [0.15, 0.2) is 82.8 Å². The van der Waals surface area contributed by atoms with Gasteiger partial charge in [0.15, 0.2) is 0 Å². The van der Waals surface area contributed by atoms with Crippen LogP contribution in [0.25, 0.3) is 0 Å². The van der Waals surface area contributed by atoms with Gasteiger partial charge in [-0.05, 0) is 59.7 Å². The molecular formula is C21H16ClFN2OS. The Balaban J connectivity index is 1.52. The Labute approximate surface area is 166 Å². The molecule has 0 aliphatic heterocycles. The summed E-state index contributed by atoms with van der Waals surface area (Å²) >= 11 is 7.58. The lowest BCUT2D eigenvalue weighted by atomic mass is 10.1. The van der Waals surface area contributed by atoms with E-state index in [4.69, 9.17) is 11.6 Å². The van der Waals surface area contributed by atoms with Gasteiger partial charge in [0.2, 0.25) is 0 Å². The lowest BCUT2D eigenvalue weighted by Crippen LogP contribution is -2.17. The average Bonchev–Trinajstić information content (AvgIpc) is 2.69. The van der Waals surface area contributed by atoms with E-state index in [-0.39, 0.29) is 11.7 Å². The average molecular weight is 399 g/mol. The molecule has 0 spiro atoms. The molecule has 3 aromatic rings. The fourth-order valence-corrected chi connectivity index (χ4v) is 3.21. The van der Waals surface area contributed by atoms with Crippen molar-refractivity contribution >= 4 is 35.5 Å². The van der Waals surface area contributed by atoms with Crippen LogP contribution in [0, 0.1) is 5.82 Å². The van der Waals surface area contributed by atoms with Crippen LogP contribution in [0.2, 0.25) is 5.02 Å². The molecule has 0 aliphatic carbocycles. The Morgan fingerprint density at radius 1 is 1.00 bits per heavy atom. The van der Waals surface area contributed by atoms with Gasteiger partial charge in [0.1, 0.15) is 5.82 Å². The Kier molecular flexibility index (Phi) is 6.63. The topological polar surface area (TPSA) is 41.5 Å². The summed E-state index contributed by atoms with van der Waals surface area (Å²) in [5.74, 6) is 0.183. The predicted octanol–water partition coefficient (Wildman–Crippen LogP) is 5.54. The van der Waals surface area contributed by atoms with Crippen LogP contribution >= 0.6 is 23.4 Å². The maximum absolute atomic E-state index is 12.8. The van der Waals surface area contributed by atoms with Crippen LogP contribution in [-0.2, 0) is 5.75 Å². The minimum absolute atomic E-state index is 0.301. The minimum atomic E-state index is -0.314. The van der Waals surface area contributed by atoms with Crippen LogP contribution < -0.4 is 5.43 Å². The highest BCUT2D eigenvalue weighted by Gasteiger charge is 2.04. The quantitative estimate of drug-likeness (QED) is 0.336. The van der Waals surface area contributed by atoms with Crippen molar-refractivity contribution < 1.29 is 9.18 Å². The summed E-state index contributed by atoms with van der Waals surface area (Å²) in [4.78, 5) is 13.2. The number of rotatable bonds is 6. The van der Waals surface area contributed by atoms with E-state index in [0.717, 1.165) is 21.2 Å². The number of nitrogens with one attached hydrogen (secondary N) is 1. The Hall–Kier alpha value is -2.63. The molecule has 0 unspecified atom stereocenters. The molecule has 0 bridgehead atoms. The van der Waals surface area contributed by atoms with Crippen molar-refractivity contribution in [1.29, 1.82) is 0 Å². The van der Waals surface area contributed by atoms with Crippen molar-refractivity contribution in [1.82, 2.24) is 5.43 Å². The van der Waals surface area contributed by atoms with E-state index in [1.54, 1.807) is 36.0 Å². The number of hydrazone groups is 1. The molecule has 0 heterocycles. The van der Waals surface area contributed by atoms with Crippen molar-refractivity contribution in [3.05, 3.63) is 100 Å². The smallest absolute Gasteiger partial charge is 0.267 e. The zero-order chi connectivity index (χ0) is 19.1. The van der Waals surface area contributed by atoms with Gasteiger partial charge in [-0.2, -0.15) is 5.10 Å². The second-order valence-corrected chi connectivity index (χ2v) is 7.18. The highest BCUT2D eigenvalue weighted by Crippen LogP contribution is 2.24. The lowest BCUT2D eigenvalue weighted by molar-refractivity contribution is 0.0955. The number of halogens is 2. The summed E-state index contributed by atoms with van der Waals surface area (Å²) in [6, 6.07) is 20.9. The zero-order valence-electron chi connectivity index (χ0n) is 14.2. The minimum Gasteiger partial charge on any atom is -0.267 e. The normalized spacial score (nSPS) is 10.9. The first-order valence-electron chi connectivity index (χ1n) is 8.16. The fourth-order valence-electron chi connectivity index (χ4n) is 2.23. The van der Waals surface area contributed by atoms with Crippen LogP contribution in [-0.4, -0.2) is 12.1 Å². The van der Waals surface area contributed by atoms with Gasteiger partial charge < -0.3 is 0 Å². The van der Waals surface area contributed by atoms with Crippen molar-refractivity contribution in [2.45, 2.75) is 10.6 Å². The number of carbonyl (C=O) groups excluding carboxylic acids is 1. The molecule has 0 fully saturated rings. The van der Waals surface area contributed by atoms with Gasteiger partial charge in [-0.25, -0.2) is 9.82 Å². The van der Waals surface area contributed by atoms with Gasteiger partial charge in [-0.15, -0.1) is 11.8 Å². The number of hydrogen-bond acceptors (Lipinski definition) is 3. The number of hydrogen-bond donors (Lipinski definition) is 1. The molecule has 6 heteroatoms. The largest absolute Gasteiger partial charge is 0.271 e. The second kappa shape index (κ2) is 9.35. The molecule has 27 heavy (non-hydrogen) atoms. The number of nitrogens with zero attached hydrogens (tertiary/aromatic N) is 1. The maximum Gasteiger partial charge on any atom is 0.271 e. The molecule has 0 atom stereocenters. The van der Waals surface area contributed by atoms with Crippen molar-refractivity contribution in [2.75, 3.05) is 0 Å². The first-order chi connectivity index (χ1) is 13.1. The summed E-state index contributed by atoms with van der Waals surface area (Å²) < 4.78 is 12.8. The predicted molar refractivity (Wildman–Crippen MR) is 109 cm³/mol. The number of benzene rings is 3. The molecule has 136 valence electrons. The third-order valence-corrected chi connectivity index (χ3v) is 5.02. The zero-order valence-corrected chi connectivity index (χ0v) is 15.8. The van der Waals surface area contributed by atoms with E-state index in [1.165, 1.54) is 18.3 Å². The summed E-state index contributed by atoms with van der Waals surface area (Å²) in [5.41, 5.74) is 4.80. The first kappa shape index (κ1) is 19.1. The van der Waals surface area contributed by atoms with Gasteiger partial charge in [0, 0.05) is 21.2 Å². The molecule has 1 N–H and O–H groups in total. The highest BCUT2D eigenvalue weighted by atomic mass is 35.5.